The van der Waals surface area contributed by atoms with Crippen LogP contribution >= 0.6 is 0 Å². The summed E-state index contributed by atoms with van der Waals surface area (Å²) in [5.74, 6) is 0.912. The molecule has 1 aromatic carbocycles. The Morgan fingerprint density at radius 3 is 2.84 bits per heavy atom. The van der Waals surface area contributed by atoms with E-state index in [2.05, 4.69) is 29.3 Å². The molecular weight excluding hydrogens is 240 g/mol. The van der Waals surface area contributed by atoms with Gasteiger partial charge in [-0.2, -0.15) is 0 Å². The highest BCUT2D eigenvalue weighted by Crippen LogP contribution is 2.15. The van der Waals surface area contributed by atoms with Gasteiger partial charge in [0.05, 0.1) is 20.3 Å². The number of nitrogens with one attached hydrogen (secondary N) is 1. The maximum absolute atomic E-state index is 5.58. The van der Waals surface area contributed by atoms with Crippen LogP contribution in [-0.2, 0) is 11.3 Å². The molecule has 1 aliphatic heterocycles. The van der Waals surface area contributed by atoms with Crippen molar-refractivity contribution in [2.24, 2.45) is 0 Å². The lowest BCUT2D eigenvalue weighted by Crippen LogP contribution is -2.49. The maximum atomic E-state index is 5.58. The Morgan fingerprint density at radius 1 is 1.37 bits per heavy atom. The number of ether oxygens (including phenoxy) is 2. The third-order valence-corrected chi connectivity index (χ3v) is 3.52. The third-order valence-electron chi connectivity index (χ3n) is 3.52. The van der Waals surface area contributed by atoms with E-state index in [4.69, 9.17) is 9.47 Å². The second-order valence-corrected chi connectivity index (χ2v) is 4.85. The second kappa shape index (κ2) is 7.48. The fourth-order valence-corrected chi connectivity index (χ4v) is 2.36. The minimum absolute atomic E-state index is 0.468. The number of methoxy groups -OCH3 is 1. The lowest BCUT2D eigenvalue weighted by Gasteiger charge is -2.35. The molecule has 4 nitrogen and oxygen atoms in total. The van der Waals surface area contributed by atoms with Crippen molar-refractivity contribution in [3.63, 3.8) is 0 Å². The van der Waals surface area contributed by atoms with Crippen molar-refractivity contribution in [2.45, 2.75) is 19.5 Å². The van der Waals surface area contributed by atoms with Crippen molar-refractivity contribution < 1.29 is 9.47 Å². The molecule has 1 N–H and O–H groups in total. The first-order chi connectivity index (χ1) is 9.33. The number of nitrogens with zero attached hydrogens (tertiary/aromatic N) is 1. The van der Waals surface area contributed by atoms with Gasteiger partial charge >= 0.3 is 0 Å². The molecule has 1 saturated heterocycles. The molecule has 0 aromatic heterocycles. The molecule has 0 radical (unpaired) electrons. The van der Waals surface area contributed by atoms with Gasteiger partial charge in [-0.15, -0.1) is 0 Å². The van der Waals surface area contributed by atoms with Gasteiger partial charge in [-0.3, -0.25) is 4.90 Å². The molecule has 0 spiro atoms. The summed E-state index contributed by atoms with van der Waals surface area (Å²) in [6.07, 6.45) is 0. The molecular formula is C15H24N2O2. The van der Waals surface area contributed by atoms with Gasteiger partial charge in [0.25, 0.3) is 0 Å². The van der Waals surface area contributed by atoms with E-state index in [0.29, 0.717) is 6.04 Å². The van der Waals surface area contributed by atoms with Gasteiger partial charge in [-0.05, 0) is 24.2 Å². The quantitative estimate of drug-likeness (QED) is 0.844. The highest BCUT2D eigenvalue weighted by Gasteiger charge is 2.22. The number of morpholine rings is 1. The summed E-state index contributed by atoms with van der Waals surface area (Å²) in [4.78, 5) is 2.49. The summed E-state index contributed by atoms with van der Waals surface area (Å²) < 4.78 is 10.8. The van der Waals surface area contributed by atoms with E-state index in [1.807, 2.05) is 12.1 Å². The molecule has 1 atom stereocenters. The first-order valence-electron chi connectivity index (χ1n) is 6.99. The van der Waals surface area contributed by atoms with Gasteiger partial charge in [0.15, 0.2) is 0 Å². The molecule has 1 heterocycles. The summed E-state index contributed by atoms with van der Waals surface area (Å²) in [5.41, 5.74) is 1.32. The molecule has 19 heavy (non-hydrogen) atoms. The third kappa shape index (κ3) is 4.20. The van der Waals surface area contributed by atoms with Crippen molar-refractivity contribution in [3.05, 3.63) is 29.8 Å². The highest BCUT2D eigenvalue weighted by molar-refractivity contribution is 5.27. The van der Waals surface area contributed by atoms with E-state index in [1.54, 1.807) is 7.11 Å². The first-order valence-corrected chi connectivity index (χ1v) is 6.99. The SMILES string of the molecule is CCNCC1COCCN1Cc1ccc(OC)cc1. The van der Waals surface area contributed by atoms with Gasteiger partial charge in [0.1, 0.15) is 5.75 Å². The number of hydrogen-bond acceptors (Lipinski definition) is 4. The summed E-state index contributed by atoms with van der Waals surface area (Å²) >= 11 is 0. The zero-order valence-corrected chi connectivity index (χ0v) is 11.9. The lowest BCUT2D eigenvalue weighted by molar-refractivity contribution is -0.0107. The molecule has 2 rings (SSSR count). The fourth-order valence-electron chi connectivity index (χ4n) is 2.36. The maximum Gasteiger partial charge on any atom is 0.118 e. The van der Waals surface area contributed by atoms with Crippen molar-refractivity contribution >= 4 is 0 Å². The average molecular weight is 264 g/mol. The van der Waals surface area contributed by atoms with Gasteiger partial charge in [0.2, 0.25) is 0 Å². The Labute approximate surface area is 115 Å². The van der Waals surface area contributed by atoms with Crippen LogP contribution < -0.4 is 10.1 Å². The van der Waals surface area contributed by atoms with E-state index in [0.717, 1.165) is 45.1 Å². The smallest absolute Gasteiger partial charge is 0.118 e. The summed E-state index contributed by atoms with van der Waals surface area (Å²) in [7, 11) is 1.70. The van der Waals surface area contributed by atoms with Crippen LogP contribution in [-0.4, -0.2) is 50.9 Å². The lowest BCUT2D eigenvalue weighted by atomic mass is 10.1. The van der Waals surface area contributed by atoms with Crippen LogP contribution in [0, 0.1) is 0 Å². The van der Waals surface area contributed by atoms with E-state index in [1.165, 1.54) is 5.56 Å². The van der Waals surface area contributed by atoms with Crippen LogP contribution in [0.1, 0.15) is 12.5 Å². The van der Waals surface area contributed by atoms with Crippen LogP contribution in [0.5, 0.6) is 5.75 Å². The first kappa shape index (κ1) is 14.3. The number of rotatable bonds is 6. The van der Waals surface area contributed by atoms with E-state index >= 15 is 0 Å². The molecule has 0 saturated carbocycles. The van der Waals surface area contributed by atoms with Crippen molar-refractivity contribution in [1.29, 1.82) is 0 Å². The highest BCUT2D eigenvalue weighted by atomic mass is 16.5. The fraction of sp³-hybridized carbons (Fsp3) is 0.600. The zero-order chi connectivity index (χ0) is 13.5. The topological polar surface area (TPSA) is 33.7 Å². The number of benzene rings is 1. The van der Waals surface area contributed by atoms with E-state index in [-0.39, 0.29) is 0 Å². The monoisotopic (exact) mass is 264 g/mol. The van der Waals surface area contributed by atoms with Gasteiger partial charge in [-0.1, -0.05) is 19.1 Å². The molecule has 0 bridgehead atoms. The minimum Gasteiger partial charge on any atom is -0.497 e. The Balaban J connectivity index is 1.93. The van der Waals surface area contributed by atoms with Crippen LogP contribution in [0.25, 0.3) is 0 Å². The standard InChI is InChI=1S/C15H24N2O2/c1-3-16-10-14-12-19-9-8-17(14)11-13-4-6-15(18-2)7-5-13/h4-7,14,16H,3,8-12H2,1-2H3. The molecule has 106 valence electrons. The predicted molar refractivity (Wildman–Crippen MR) is 76.6 cm³/mol. The van der Waals surface area contributed by atoms with Crippen LogP contribution in [0.15, 0.2) is 24.3 Å². The Morgan fingerprint density at radius 2 is 2.16 bits per heavy atom. The number of hydrogen-bond donors (Lipinski definition) is 1. The number of likely N-dealkylation sites (N-methyl/N-ethyl adjacent to an activating group) is 1. The molecule has 4 heteroatoms. The van der Waals surface area contributed by atoms with Crippen LogP contribution in [0.3, 0.4) is 0 Å². The van der Waals surface area contributed by atoms with Crippen molar-refractivity contribution in [3.8, 4) is 5.75 Å². The second-order valence-electron chi connectivity index (χ2n) is 4.85. The summed E-state index contributed by atoms with van der Waals surface area (Å²) in [6, 6.07) is 8.79. The minimum atomic E-state index is 0.468. The van der Waals surface area contributed by atoms with Gasteiger partial charge in [-0.25, -0.2) is 0 Å². The molecule has 0 aliphatic carbocycles. The normalized spacial score (nSPS) is 20.4. The Kier molecular flexibility index (Phi) is 5.63. The van der Waals surface area contributed by atoms with E-state index in [9.17, 15) is 0 Å². The largest absolute Gasteiger partial charge is 0.497 e. The average Bonchev–Trinajstić information content (AvgIpc) is 2.47. The molecule has 1 fully saturated rings. The molecule has 0 amide bonds. The summed E-state index contributed by atoms with van der Waals surface area (Å²) in [5, 5.41) is 3.41. The van der Waals surface area contributed by atoms with E-state index < -0.39 is 0 Å². The van der Waals surface area contributed by atoms with Crippen molar-refractivity contribution in [1.82, 2.24) is 10.2 Å². The van der Waals surface area contributed by atoms with Crippen molar-refractivity contribution in [2.75, 3.05) is 40.0 Å². The zero-order valence-electron chi connectivity index (χ0n) is 11.9. The predicted octanol–water partition coefficient (Wildman–Crippen LogP) is 1.51. The van der Waals surface area contributed by atoms with Gasteiger partial charge < -0.3 is 14.8 Å². The van der Waals surface area contributed by atoms with Crippen LogP contribution in [0.2, 0.25) is 0 Å². The molecule has 1 aromatic rings. The molecule has 1 unspecified atom stereocenters. The van der Waals surface area contributed by atoms with Gasteiger partial charge in [0, 0.05) is 25.7 Å². The summed E-state index contributed by atoms with van der Waals surface area (Å²) in [6.45, 7) is 7.77. The molecule has 1 aliphatic rings. The Bertz CT molecular complexity index is 367. The Hall–Kier alpha value is -1.10. The van der Waals surface area contributed by atoms with Crippen LogP contribution in [0.4, 0.5) is 0 Å².